The molecule has 0 saturated carbocycles. The summed E-state index contributed by atoms with van der Waals surface area (Å²) in [6.45, 7) is 4.44. The summed E-state index contributed by atoms with van der Waals surface area (Å²) in [5.74, 6) is 0.639. The molecule has 0 N–H and O–H groups in total. The van der Waals surface area contributed by atoms with E-state index in [0.717, 1.165) is 5.69 Å². The molecule has 14 heavy (non-hydrogen) atoms. The Kier molecular flexibility index (Phi) is 4.98. The van der Waals surface area contributed by atoms with Crippen molar-refractivity contribution in [3.63, 3.8) is 0 Å². The standard InChI is InChI=1S/C13H19N/c1-3-8-12(4-2)11-14-13-9-6-5-7-10-13/h5-7,9-12H,3-4,8H2,1-2H3. The van der Waals surface area contributed by atoms with Crippen LogP contribution in [0.2, 0.25) is 0 Å². The molecule has 0 radical (unpaired) electrons. The summed E-state index contributed by atoms with van der Waals surface area (Å²) in [4.78, 5) is 4.47. The number of aliphatic imine (C=N–C) groups is 1. The van der Waals surface area contributed by atoms with E-state index in [0.29, 0.717) is 5.92 Å². The molecule has 76 valence electrons. The highest BCUT2D eigenvalue weighted by Crippen LogP contribution is 2.13. The van der Waals surface area contributed by atoms with Gasteiger partial charge in [-0.25, -0.2) is 0 Å². The highest BCUT2D eigenvalue weighted by atomic mass is 14.7. The average Bonchev–Trinajstić information content (AvgIpc) is 2.25. The Balaban J connectivity index is 2.53. The van der Waals surface area contributed by atoms with Gasteiger partial charge in [-0.05, 0) is 30.9 Å². The summed E-state index contributed by atoms with van der Waals surface area (Å²) in [6, 6.07) is 10.1. The molecular formula is C13H19N. The van der Waals surface area contributed by atoms with Crippen LogP contribution >= 0.6 is 0 Å². The van der Waals surface area contributed by atoms with Crippen molar-refractivity contribution >= 4 is 11.9 Å². The maximum Gasteiger partial charge on any atom is 0.0625 e. The molecule has 0 saturated heterocycles. The fourth-order valence-corrected chi connectivity index (χ4v) is 1.46. The summed E-state index contributed by atoms with van der Waals surface area (Å²) >= 11 is 0. The second-order valence-electron chi connectivity index (χ2n) is 3.57. The molecule has 1 aromatic rings. The monoisotopic (exact) mass is 189 g/mol. The van der Waals surface area contributed by atoms with Crippen molar-refractivity contribution in [2.75, 3.05) is 0 Å². The van der Waals surface area contributed by atoms with Gasteiger partial charge in [0.15, 0.2) is 0 Å². The Labute approximate surface area is 86.9 Å². The maximum absolute atomic E-state index is 4.47. The Morgan fingerprint density at radius 2 is 1.93 bits per heavy atom. The van der Waals surface area contributed by atoms with Gasteiger partial charge < -0.3 is 0 Å². The van der Waals surface area contributed by atoms with E-state index in [1.807, 2.05) is 30.3 Å². The molecule has 1 atom stereocenters. The van der Waals surface area contributed by atoms with Gasteiger partial charge in [-0.2, -0.15) is 0 Å². The highest BCUT2D eigenvalue weighted by Gasteiger charge is 1.99. The van der Waals surface area contributed by atoms with Crippen molar-refractivity contribution in [2.24, 2.45) is 10.9 Å². The minimum absolute atomic E-state index is 0.639. The van der Waals surface area contributed by atoms with Crippen LogP contribution in [0, 0.1) is 5.92 Å². The van der Waals surface area contributed by atoms with E-state index < -0.39 is 0 Å². The average molecular weight is 189 g/mol. The highest BCUT2D eigenvalue weighted by molar-refractivity contribution is 5.65. The van der Waals surface area contributed by atoms with Crippen molar-refractivity contribution in [3.8, 4) is 0 Å². The predicted molar refractivity (Wildman–Crippen MR) is 63.3 cm³/mol. The van der Waals surface area contributed by atoms with Gasteiger partial charge in [0.1, 0.15) is 0 Å². The van der Waals surface area contributed by atoms with Gasteiger partial charge in [-0.3, -0.25) is 4.99 Å². The number of rotatable bonds is 5. The van der Waals surface area contributed by atoms with Gasteiger partial charge in [-0.1, -0.05) is 38.5 Å². The van der Waals surface area contributed by atoms with Crippen LogP contribution in [0.3, 0.4) is 0 Å². The number of benzene rings is 1. The topological polar surface area (TPSA) is 12.4 Å². The fraction of sp³-hybridized carbons (Fsp3) is 0.462. The zero-order chi connectivity index (χ0) is 10.2. The second-order valence-corrected chi connectivity index (χ2v) is 3.57. The van der Waals surface area contributed by atoms with Crippen LogP contribution in [0.5, 0.6) is 0 Å². The molecule has 1 rings (SSSR count). The van der Waals surface area contributed by atoms with Crippen molar-refractivity contribution in [2.45, 2.75) is 33.1 Å². The van der Waals surface area contributed by atoms with E-state index in [9.17, 15) is 0 Å². The molecule has 1 unspecified atom stereocenters. The Morgan fingerprint density at radius 3 is 2.50 bits per heavy atom. The smallest absolute Gasteiger partial charge is 0.0625 e. The third-order valence-electron chi connectivity index (χ3n) is 2.37. The third-order valence-corrected chi connectivity index (χ3v) is 2.37. The normalized spacial score (nSPS) is 13.3. The third kappa shape index (κ3) is 3.73. The largest absolute Gasteiger partial charge is 0.261 e. The maximum atomic E-state index is 4.47. The molecule has 0 spiro atoms. The zero-order valence-electron chi connectivity index (χ0n) is 9.11. The van der Waals surface area contributed by atoms with Crippen LogP contribution in [0.4, 0.5) is 5.69 Å². The van der Waals surface area contributed by atoms with Crippen molar-refractivity contribution < 1.29 is 0 Å². The molecule has 1 nitrogen and oxygen atoms in total. The molecular weight excluding hydrogens is 170 g/mol. The molecule has 0 aliphatic heterocycles. The lowest BCUT2D eigenvalue weighted by molar-refractivity contribution is 0.605. The van der Waals surface area contributed by atoms with Gasteiger partial charge in [-0.15, -0.1) is 0 Å². The molecule has 0 aliphatic rings. The van der Waals surface area contributed by atoms with Gasteiger partial charge in [0.25, 0.3) is 0 Å². The quantitative estimate of drug-likeness (QED) is 0.615. The van der Waals surface area contributed by atoms with Crippen molar-refractivity contribution in [1.29, 1.82) is 0 Å². The van der Waals surface area contributed by atoms with Crippen LogP contribution in [0.25, 0.3) is 0 Å². The van der Waals surface area contributed by atoms with Gasteiger partial charge in [0.2, 0.25) is 0 Å². The molecule has 0 heterocycles. The summed E-state index contributed by atoms with van der Waals surface area (Å²) in [5.41, 5.74) is 1.06. The molecule has 1 heteroatoms. The minimum atomic E-state index is 0.639. The minimum Gasteiger partial charge on any atom is -0.261 e. The first-order chi connectivity index (χ1) is 6.86. The Morgan fingerprint density at radius 1 is 1.21 bits per heavy atom. The molecule has 0 aliphatic carbocycles. The zero-order valence-corrected chi connectivity index (χ0v) is 9.11. The lowest BCUT2D eigenvalue weighted by atomic mass is 10.0. The summed E-state index contributed by atoms with van der Waals surface area (Å²) in [5, 5.41) is 0. The molecule has 0 aromatic heterocycles. The molecule has 0 bridgehead atoms. The van der Waals surface area contributed by atoms with Crippen LogP contribution in [0.15, 0.2) is 35.3 Å². The number of hydrogen-bond donors (Lipinski definition) is 0. The lowest BCUT2D eigenvalue weighted by Crippen LogP contribution is -1.98. The Hall–Kier alpha value is -1.11. The molecule has 0 amide bonds. The van der Waals surface area contributed by atoms with Gasteiger partial charge >= 0.3 is 0 Å². The van der Waals surface area contributed by atoms with Crippen molar-refractivity contribution in [3.05, 3.63) is 30.3 Å². The van der Waals surface area contributed by atoms with E-state index in [-0.39, 0.29) is 0 Å². The number of nitrogens with zero attached hydrogens (tertiary/aromatic N) is 1. The first-order valence-electron chi connectivity index (χ1n) is 5.46. The van der Waals surface area contributed by atoms with Crippen LogP contribution in [0.1, 0.15) is 33.1 Å². The van der Waals surface area contributed by atoms with Crippen LogP contribution in [-0.2, 0) is 0 Å². The van der Waals surface area contributed by atoms with E-state index in [4.69, 9.17) is 0 Å². The fourth-order valence-electron chi connectivity index (χ4n) is 1.46. The Bertz CT molecular complexity index is 264. The van der Waals surface area contributed by atoms with E-state index in [2.05, 4.69) is 25.1 Å². The first kappa shape index (κ1) is 11.0. The second kappa shape index (κ2) is 6.36. The predicted octanol–water partition coefficient (Wildman–Crippen LogP) is 4.22. The number of hydrogen-bond acceptors (Lipinski definition) is 1. The molecule has 0 fully saturated rings. The summed E-state index contributed by atoms with van der Waals surface area (Å²) in [6.07, 6.45) is 5.76. The van der Waals surface area contributed by atoms with E-state index in [1.165, 1.54) is 19.3 Å². The van der Waals surface area contributed by atoms with Gasteiger partial charge in [0, 0.05) is 6.21 Å². The first-order valence-corrected chi connectivity index (χ1v) is 5.46. The summed E-state index contributed by atoms with van der Waals surface area (Å²) < 4.78 is 0. The van der Waals surface area contributed by atoms with Gasteiger partial charge in [0.05, 0.1) is 5.69 Å². The lowest BCUT2D eigenvalue weighted by Gasteiger charge is -2.06. The number of para-hydroxylation sites is 1. The SMILES string of the molecule is CCCC(C=Nc1ccccc1)CC. The van der Waals surface area contributed by atoms with E-state index in [1.54, 1.807) is 0 Å². The van der Waals surface area contributed by atoms with E-state index >= 15 is 0 Å². The van der Waals surface area contributed by atoms with Crippen LogP contribution < -0.4 is 0 Å². The van der Waals surface area contributed by atoms with Crippen LogP contribution in [-0.4, -0.2) is 6.21 Å². The van der Waals surface area contributed by atoms with Crippen molar-refractivity contribution in [1.82, 2.24) is 0 Å². The summed E-state index contributed by atoms with van der Waals surface area (Å²) in [7, 11) is 0. The molecule has 1 aromatic carbocycles.